The third-order valence-electron chi connectivity index (χ3n) is 2.58. The molecular formula is C15H10Br2O5. The lowest BCUT2D eigenvalue weighted by atomic mass is 10.2. The third-order valence-corrected chi connectivity index (χ3v) is 3.69. The Balaban J connectivity index is 2.00. The molecule has 0 saturated heterocycles. The molecule has 0 aliphatic carbocycles. The predicted molar refractivity (Wildman–Crippen MR) is 86.4 cm³/mol. The van der Waals surface area contributed by atoms with Gasteiger partial charge in [0.2, 0.25) is 0 Å². The molecule has 0 amide bonds. The van der Waals surface area contributed by atoms with Crippen molar-refractivity contribution in [2.75, 3.05) is 6.61 Å². The van der Waals surface area contributed by atoms with Crippen LogP contribution in [0.2, 0.25) is 0 Å². The van der Waals surface area contributed by atoms with Gasteiger partial charge in [0.25, 0.3) is 0 Å². The summed E-state index contributed by atoms with van der Waals surface area (Å²) >= 11 is 6.62. The number of rotatable bonds is 5. The van der Waals surface area contributed by atoms with Crippen molar-refractivity contribution >= 4 is 43.8 Å². The first-order valence-electron chi connectivity index (χ1n) is 6.08. The van der Waals surface area contributed by atoms with Crippen LogP contribution in [0, 0.1) is 0 Å². The number of carboxylic acids is 1. The van der Waals surface area contributed by atoms with Crippen LogP contribution in [0.3, 0.4) is 0 Å². The topological polar surface area (TPSA) is 72.8 Å². The lowest BCUT2D eigenvalue weighted by Gasteiger charge is -2.09. The molecule has 2 rings (SSSR count). The van der Waals surface area contributed by atoms with Crippen molar-refractivity contribution in [3.8, 4) is 11.5 Å². The van der Waals surface area contributed by atoms with Crippen molar-refractivity contribution in [1.82, 2.24) is 0 Å². The van der Waals surface area contributed by atoms with Crippen molar-refractivity contribution in [2.24, 2.45) is 0 Å². The van der Waals surface area contributed by atoms with Crippen molar-refractivity contribution in [3.05, 3.63) is 57.0 Å². The van der Waals surface area contributed by atoms with Gasteiger partial charge in [-0.2, -0.15) is 0 Å². The van der Waals surface area contributed by atoms with Crippen molar-refractivity contribution in [1.29, 1.82) is 0 Å². The van der Waals surface area contributed by atoms with Gasteiger partial charge in [-0.3, -0.25) is 0 Å². The number of aromatic carboxylic acids is 1. The molecule has 22 heavy (non-hydrogen) atoms. The van der Waals surface area contributed by atoms with E-state index in [1.54, 1.807) is 30.3 Å². The molecule has 5 nitrogen and oxygen atoms in total. The maximum atomic E-state index is 11.8. The third kappa shape index (κ3) is 4.32. The number of esters is 1. The molecule has 0 fully saturated rings. The summed E-state index contributed by atoms with van der Waals surface area (Å²) in [4.78, 5) is 22.8. The molecular weight excluding hydrogens is 420 g/mol. The Morgan fingerprint density at radius 1 is 1.05 bits per heavy atom. The van der Waals surface area contributed by atoms with Crippen LogP contribution in [0.1, 0.15) is 10.4 Å². The Morgan fingerprint density at radius 3 is 2.45 bits per heavy atom. The number of carboxylic acid groups (broad SMARTS) is 1. The standard InChI is InChI=1S/C15H10Br2O5/c16-9-5-6-13(11(17)7-9)21-8-14(18)22-12-4-2-1-3-10(12)15(19)20/h1-7H,8H2,(H,19,20). The first kappa shape index (κ1) is 16.5. The monoisotopic (exact) mass is 428 g/mol. The highest BCUT2D eigenvalue weighted by molar-refractivity contribution is 9.11. The average molecular weight is 430 g/mol. The fourth-order valence-corrected chi connectivity index (χ4v) is 2.77. The maximum Gasteiger partial charge on any atom is 0.349 e. The van der Waals surface area contributed by atoms with Crippen LogP contribution in [0.4, 0.5) is 0 Å². The number of ether oxygens (including phenoxy) is 2. The number of hydrogen-bond acceptors (Lipinski definition) is 4. The van der Waals surface area contributed by atoms with E-state index < -0.39 is 11.9 Å². The fraction of sp³-hybridized carbons (Fsp3) is 0.0667. The summed E-state index contributed by atoms with van der Waals surface area (Å²) in [7, 11) is 0. The Bertz CT molecular complexity index is 715. The molecule has 0 unspecified atom stereocenters. The number of para-hydroxylation sites is 1. The van der Waals surface area contributed by atoms with Crippen LogP contribution in [-0.4, -0.2) is 23.7 Å². The second-order valence-corrected chi connectivity index (χ2v) is 5.91. The summed E-state index contributed by atoms with van der Waals surface area (Å²) in [6, 6.07) is 11.1. The van der Waals surface area contributed by atoms with Crippen molar-refractivity contribution in [3.63, 3.8) is 0 Å². The van der Waals surface area contributed by atoms with Crippen LogP contribution in [0.5, 0.6) is 11.5 Å². The van der Waals surface area contributed by atoms with Gasteiger partial charge in [0, 0.05) is 4.47 Å². The lowest BCUT2D eigenvalue weighted by molar-refractivity contribution is -0.136. The number of benzene rings is 2. The molecule has 0 atom stereocenters. The maximum absolute atomic E-state index is 11.8. The molecule has 0 aromatic heterocycles. The van der Waals surface area contributed by atoms with Crippen LogP contribution >= 0.6 is 31.9 Å². The smallest absolute Gasteiger partial charge is 0.349 e. The van der Waals surface area contributed by atoms with Crippen molar-refractivity contribution in [2.45, 2.75) is 0 Å². The van der Waals surface area contributed by atoms with Gasteiger partial charge in [0.15, 0.2) is 6.61 Å². The Labute approximate surface area is 143 Å². The van der Waals surface area contributed by atoms with Crippen LogP contribution in [-0.2, 0) is 4.79 Å². The van der Waals surface area contributed by atoms with Gasteiger partial charge in [-0.05, 0) is 46.3 Å². The van der Waals surface area contributed by atoms with E-state index in [1.165, 1.54) is 12.1 Å². The van der Waals surface area contributed by atoms with Crippen LogP contribution in [0.25, 0.3) is 0 Å². The van der Waals surface area contributed by atoms with Gasteiger partial charge in [-0.25, -0.2) is 9.59 Å². The summed E-state index contributed by atoms with van der Waals surface area (Å²) in [5.74, 6) is -1.39. The fourth-order valence-electron chi connectivity index (χ4n) is 1.61. The van der Waals surface area contributed by atoms with Gasteiger partial charge in [0.1, 0.15) is 17.1 Å². The van der Waals surface area contributed by atoms with Gasteiger partial charge in [-0.15, -0.1) is 0 Å². The number of hydrogen-bond donors (Lipinski definition) is 1. The molecule has 1 N–H and O–H groups in total. The second-order valence-electron chi connectivity index (χ2n) is 4.14. The zero-order chi connectivity index (χ0) is 16.1. The molecule has 0 bridgehead atoms. The predicted octanol–water partition coefficient (Wildman–Crippen LogP) is 3.89. The largest absolute Gasteiger partial charge is 0.481 e. The zero-order valence-corrected chi connectivity index (χ0v) is 14.3. The molecule has 2 aromatic rings. The Kier molecular flexibility index (Phi) is 5.57. The summed E-state index contributed by atoms with van der Waals surface area (Å²) in [6.45, 7) is -0.339. The second kappa shape index (κ2) is 7.42. The van der Waals surface area contributed by atoms with E-state index in [9.17, 15) is 9.59 Å². The molecule has 7 heteroatoms. The molecule has 2 aromatic carbocycles. The van der Waals surface area contributed by atoms with Gasteiger partial charge in [0.05, 0.1) is 4.47 Å². The number of halogens is 2. The van der Waals surface area contributed by atoms with E-state index in [2.05, 4.69) is 31.9 Å². The lowest BCUT2D eigenvalue weighted by Crippen LogP contribution is -2.19. The van der Waals surface area contributed by atoms with E-state index >= 15 is 0 Å². The first-order chi connectivity index (χ1) is 10.5. The zero-order valence-electron chi connectivity index (χ0n) is 11.1. The summed E-state index contributed by atoms with van der Waals surface area (Å²) in [5.41, 5.74) is -0.0827. The highest BCUT2D eigenvalue weighted by Crippen LogP contribution is 2.28. The Hall–Kier alpha value is -1.86. The summed E-state index contributed by atoms with van der Waals surface area (Å²) in [6.07, 6.45) is 0. The molecule has 0 saturated carbocycles. The molecule has 0 aliphatic rings. The van der Waals surface area contributed by atoms with Crippen molar-refractivity contribution < 1.29 is 24.2 Å². The van der Waals surface area contributed by atoms with E-state index in [0.717, 1.165) is 4.47 Å². The average Bonchev–Trinajstić information content (AvgIpc) is 2.46. The van der Waals surface area contributed by atoms with Gasteiger partial charge >= 0.3 is 11.9 Å². The molecule has 114 valence electrons. The van der Waals surface area contributed by atoms with Gasteiger partial charge in [-0.1, -0.05) is 28.1 Å². The number of carbonyl (C=O) groups is 2. The SMILES string of the molecule is O=C(COc1ccc(Br)cc1Br)Oc1ccccc1C(=O)O. The highest BCUT2D eigenvalue weighted by atomic mass is 79.9. The van der Waals surface area contributed by atoms with E-state index in [-0.39, 0.29) is 17.9 Å². The first-order valence-corrected chi connectivity index (χ1v) is 7.67. The highest BCUT2D eigenvalue weighted by Gasteiger charge is 2.14. The van der Waals surface area contributed by atoms with Gasteiger partial charge < -0.3 is 14.6 Å². The van der Waals surface area contributed by atoms with E-state index in [1.807, 2.05) is 0 Å². The molecule has 0 radical (unpaired) electrons. The Morgan fingerprint density at radius 2 is 1.77 bits per heavy atom. The molecule has 0 aliphatic heterocycles. The normalized spacial score (nSPS) is 10.1. The summed E-state index contributed by atoms with van der Waals surface area (Å²) in [5, 5.41) is 9.02. The quantitative estimate of drug-likeness (QED) is 0.576. The van der Waals surface area contributed by atoms with E-state index in [0.29, 0.717) is 10.2 Å². The molecule has 0 spiro atoms. The summed E-state index contributed by atoms with van der Waals surface area (Å²) < 4.78 is 11.9. The minimum absolute atomic E-state index is 0.0153. The minimum Gasteiger partial charge on any atom is -0.481 e. The molecule has 0 heterocycles. The van der Waals surface area contributed by atoms with Crippen LogP contribution in [0.15, 0.2) is 51.4 Å². The van der Waals surface area contributed by atoms with E-state index in [4.69, 9.17) is 14.6 Å². The van der Waals surface area contributed by atoms with Crippen LogP contribution < -0.4 is 9.47 Å². The number of carbonyl (C=O) groups excluding carboxylic acids is 1. The minimum atomic E-state index is -1.17.